The highest BCUT2D eigenvalue weighted by molar-refractivity contribution is 6.32. The second-order valence-electron chi connectivity index (χ2n) is 1.94. The Kier molecular flexibility index (Phi) is 2.80. The van der Waals surface area contributed by atoms with Gasteiger partial charge in [-0.15, -0.1) is 0 Å². The quantitative estimate of drug-likeness (QED) is 0.655. The van der Waals surface area contributed by atoms with E-state index in [0.717, 1.165) is 0 Å². The van der Waals surface area contributed by atoms with Gasteiger partial charge in [-0.1, -0.05) is 23.2 Å². The van der Waals surface area contributed by atoms with E-state index < -0.39 is 28.1 Å². The van der Waals surface area contributed by atoms with E-state index in [0.29, 0.717) is 6.07 Å². The Bertz CT molecular complexity index is 303. The van der Waals surface area contributed by atoms with E-state index in [2.05, 4.69) is 4.98 Å². The lowest BCUT2D eigenvalue weighted by Gasteiger charge is -2.02. The van der Waals surface area contributed by atoms with Crippen molar-refractivity contribution in [3.63, 3.8) is 0 Å². The molecule has 66 valence electrons. The summed E-state index contributed by atoms with van der Waals surface area (Å²) >= 11 is 10.4. The van der Waals surface area contributed by atoms with E-state index in [-0.39, 0.29) is 0 Å². The van der Waals surface area contributed by atoms with Crippen LogP contribution in [0.15, 0.2) is 6.07 Å². The molecule has 0 saturated carbocycles. The molecule has 0 atom stereocenters. The van der Waals surface area contributed by atoms with Gasteiger partial charge in [-0.05, 0) is 6.07 Å². The van der Waals surface area contributed by atoms with Gasteiger partial charge in [-0.25, -0.2) is 18.2 Å². The van der Waals surface area contributed by atoms with E-state index in [1.54, 1.807) is 0 Å². The summed E-state index contributed by atoms with van der Waals surface area (Å²) in [5.41, 5.74) is -0.654. The number of aromatic nitrogens is 1. The Balaban J connectivity index is 3.23. The van der Waals surface area contributed by atoms with E-state index in [1.165, 1.54) is 0 Å². The van der Waals surface area contributed by atoms with Crippen molar-refractivity contribution >= 4 is 23.2 Å². The number of rotatable bonds is 1. The van der Waals surface area contributed by atoms with Gasteiger partial charge >= 0.3 is 0 Å². The summed E-state index contributed by atoms with van der Waals surface area (Å²) in [4.78, 5) is 3.17. The van der Waals surface area contributed by atoms with Crippen LogP contribution in [0.5, 0.6) is 0 Å². The number of hydrogen-bond donors (Lipinski definition) is 0. The monoisotopic (exact) mass is 215 g/mol. The minimum atomic E-state index is -2.85. The van der Waals surface area contributed by atoms with Crippen LogP contribution < -0.4 is 0 Å². The molecule has 0 aliphatic rings. The first kappa shape index (κ1) is 9.61. The molecule has 0 fully saturated rings. The summed E-state index contributed by atoms with van der Waals surface area (Å²) in [5, 5.41) is -0.985. The first-order chi connectivity index (χ1) is 5.52. The number of halogens is 5. The third kappa shape index (κ3) is 1.81. The van der Waals surface area contributed by atoms with Gasteiger partial charge in [-0.3, -0.25) is 0 Å². The van der Waals surface area contributed by atoms with Crippen LogP contribution in [0.4, 0.5) is 13.2 Å². The molecule has 0 N–H and O–H groups in total. The van der Waals surface area contributed by atoms with Crippen molar-refractivity contribution in [2.24, 2.45) is 0 Å². The van der Waals surface area contributed by atoms with Crippen LogP contribution in [0.2, 0.25) is 10.3 Å². The van der Waals surface area contributed by atoms with Crippen molar-refractivity contribution in [1.29, 1.82) is 0 Å². The Morgan fingerprint density at radius 2 is 1.83 bits per heavy atom. The van der Waals surface area contributed by atoms with E-state index in [1.807, 2.05) is 0 Å². The molecule has 1 rings (SSSR count). The molecule has 0 amide bonds. The van der Waals surface area contributed by atoms with E-state index in [4.69, 9.17) is 23.2 Å². The zero-order chi connectivity index (χ0) is 9.30. The number of pyridine rings is 1. The lowest BCUT2D eigenvalue weighted by Crippen LogP contribution is -1.92. The third-order valence-electron chi connectivity index (χ3n) is 1.15. The van der Waals surface area contributed by atoms with Crippen LogP contribution in [0.25, 0.3) is 0 Å². The summed E-state index contributed by atoms with van der Waals surface area (Å²) in [7, 11) is 0. The maximum Gasteiger partial charge on any atom is 0.266 e. The molecule has 1 heterocycles. The molecular weight excluding hydrogens is 214 g/mol. The molecule has 0 bridgehead atoms. The fourth-order valence-electron chi connectivity index (χ4n) is 0.613. The number of hydrogen-bond acceptors (Lipinski definition) is 1. The van der Waals surface area contributed by atoms with Gasteiger partial charge in [-0.2, -0.15) is 0 Å². The van der Waals surface area contributed by atoms with Crippen molar-refractivity contribution in [3.05, 3.63) is 27.8 Å². The largest absolute Gasteiger partial charge is 0.266 e. The summed E-state index contributed by atoms with van der Waals surface area (Å²) in [5.74, 6) is -1.00. The Morgan fingerprint density at radius 1 is 1.25 bits per heavy atom. The predicted octanol–water partition coefficient (Wildman–Crippen LogP) is 3.47. The van der Waals surface area contributed by atoms with Crippen LogP contribution in [-0.2, 0) is 0 Å². The van der Waals surface area contributed by atoms with Gasteiger partial charge in [0, 0.05) is 0 Å². The molecule has 1 aromatic rings. The summed E-state index contributed by atoms with van der Waals surface area (Å²) in [6, 6.07) is 0.572. The van der Waals surface area contributed by atoms with Crippen LogP contribution in [-0.4, -0.2) is 4.98 Å². The molecule has 0 aliphatic heterocycles. The first-order valence-electron chi connectivity index (χ1n) is 2.82. The molecule has 0 unspecified atom stereocenters. The van der Waals surface area contributed by atoms with Crippen molar-refractivity contribution in [2.45, 2.75) is 6.43 Å². The highest BCUT2D eigenvalue weighted by Gasteiger charge is 2.16. The summed E-state index contributed by atoms with van der Waals surface area (Å²) in [6.07, 6.45) is -2.85. The highest BCUT2D eigenvalue weighted by atomic mass is 35.5. The molecule has 1 nitrogen and oxygen atoms in total. The second-order valence-corrected chi connectivity index (χ2v) is 2.66. The maximum absolute atomic E-state index is 12.5. The Hall–Kier alpha value is -0.480. The SMILES string of the molecule is Fc1cc(C(F)F)c(Cl)nc1Cl. The Labute approximate surface area is 76.1 Å². The zero-order valence-corrected chi connectivity index (χ0v) is 7.00. The predicted molar refractivity (Wildman–Crippen MR) is 39.2 cm³/mol. The maximum atomic E-state index is 12.5. The van der Waals surface area contributed by atoms with Gasteiger partial charge < -0.3 is 0 Å². The smallest absolute Gasteiger partial charge is 0.221 e. The molecule has 12 heavy (non-hydrogen) atoms. The molecule has 0 aliphatic carbocycles. The minimum Gasteiger partial charge on any atom is -0.221 e. The third-order valence-corrected chi connectivity index (χ3v) is 1.72. The second kappa shape index (κ2) is 3.49. The van der Waals surface area contributed by atoms with Gasteiger partial charge in [0.2, 0.25) is 0 Å². The first-order valence-corrected chi connectivity index (χ1v) is 3.57. The molecule has 0 spiro atoms. The highest BCUT2D eigenvalue weighted by Crippen LogP contribution is 2.28. The van der Waals surface area contributed by atoms with Crippen molar-refractivity contribution in [1.82, 2.24) is 4.98 Å². The van der Waals surface area contributed by atoms with Gasteiger partial charge in [0.05, 0.1) is 5.56 Å². The van der Waals surface area contributed by atoms with Gasteiger partial charge in [0.25, 0.3) is 6.43 Å². The minimum absolute atomic E-state index is 0.476. The molecule has 0 radical (unpaired) electrons. The summed E-state index contributed by atoms with van der Waals surface area (Å²) in [6.45, 7) is 0. The van der Waals surface area contributed by atoms with Crippen LogP contribution >= 0.6 is 23.2 Å². The average molecular weight is 216 g/mol. The normalized spacial score (nSPS) is 10.8. The van der Waals surface area contributed by atoms with Crippen LogP contribution in [0.3, 0.4) is 0 Å². The molecule has 1 aromatic heterocycles. The number of alkyl halides is 2. The van der Waals surface area contributed by atoms with Gasteiger partial charge in [0.15, 0.2) is 11.0 Å². The van der Waals surface area contributed by atoms with Crippen LogP contribution in [0.1, 0.15) is 12.0 Å². The standard InChI is InChI=1S/C6H2Cl2F3N/c7-4-2(6(10)11)1-3(9)5(8)12-4/h1,6H. The van der Waals surface area contributed by atoms with E-state index >= 15 is 0 Å². The fraction of sp³-hybridized carbons (Fsp3) is 0.167. The fourth-order valence-corrected chi connectivity index (χ4v) is 1.02. The lowest BCUT2D eigenvalue weighted by molar-refractivity contribution is 0.150. The number of nitrogens with zero attached hydrogens (tertiary/aromatic N) is 1. The average Bonchev–Trinajstić information content (AvgIpc) is 1.96. The molecule has 0 aromatic carbocycles. The topological polar surface area (TPSA) is 12.9 Å². The van der Waals surface area contributed by atoms with Gasteiger partial charge in [0.1, 0.15) is 5.15 Å². The van der Waals surface area contributed by atoms with Crippen molar-refractivity contribution in [2.75, 3.05) is 0 Å². The van der Waals surface area contributed by atoms with Crippen molar-refractivity contribution < 1.29 is 13.2 Å². The molecular formula is C6H2Cl2F3N. The Morgan fingerprint density at radius 3 is 2.33 bits per heavy atom. The summed E-state index contributed by atoms with van der Waals surface area (Å²) < 4.78 is 36.5. The zero-order valence-electron chi connectivity index (χ0n) is 5.49. The van der Waals surface area contributed by atoms with Crippen molar-refractivity contribution in [3.8, 4) is 0 Å². The lowest BCUT2D eigenvalue weighted by atomic mass is 10.3. The van der Waals surface area contributed by atoms with E-state index in [9.17, 15) is 13.2 Å². The molecule has 6 heteroatoms. The molecule has 0 saturated heterocycles. The van der Waals surface area contributed by atoms with Crippen LogP contribution in [0, 0.1) is 5.82 Å².